The van der Waals surface area contributed by atoms with Crippen LogP contribution in [0.15, 0.2) is 68.1 Å². The van der Waals surface area contributed by atoms with Gasteiger partial charge in [0.2, 0.25) is 0 Å². The normalized spacial score (nSPS) is 12.7. The van der Waals surface area contributed by atoms with E-state index in [0.29, 0.717) is 12.5 Å². The Balaban J connectivity index is 1.57. The Labute approximate surface area is 172 Å². The van der Waals surface area contributed by atoms with E-state index in [4.69, 9.17) is 9.41 Å². The van der Waals surface area contributed by atoms with E-state index in [1.807, 2.05) is 35.8 Å². The molecule has 3 aromatic rings. The molecule has 0 fully saturated rings. The second-order valence-corrected chi connectivity index (χ2v) is 8.04. The largest absolute Gasteiger partial charge is 0.469 e. The maximum atomic E-state index is 5.39. The fraction of sp³-hybridized carbons (Fsp3) is 0.300. The SMILES string of the molecule is CC(CNC(=NCc1ccc(Br)cc1)NCCc1ccco1)c1nccs1. The zero-order valence-electron chi connectivity index (χ0n) is 15.2. The van der Waals surface area contributed by atoms with Crippen LogP contribution in [0, 0.1) is 0 Å². The average Bonchev–Trinajstić information content (AvgIpc) is 3.38. The Bertz CT molecular complexity index is 816. The van der Waals surface area contributed by atoms with E-state index in [-0.39, 0.29) is 0 Å². The number of nitrogens with zero attached hydrogens (tertiary/aromatic N) is 2. The van der Waals surface area contributed by atoms with Gasteiger partial charge in [-0.3, -0.25) is 0 Å². The van der Waals surface area contributed by atoms with Crippen LogP contribution in [0.2, 0.25) is 0 Å². The van der Waals surface area contributed by atoms with Gasteiger partial charge in [-0.15, -0.1) is 11.3 Å². The maximum Gasteiger partial charge on any atom is 0.191 e. The molecule has 7 heteroatoms. The van der Waals surface area contributed by atoms with Crippen molar-refractivity contribution in [3.63, 3.8) is 0 Å². The number of aliphatic imine (C=N–C) groups is 1. The minimum Gasteiger partial charge on any atom is -0.469 e. The number of guanidine groups is 1. The van der Waals surface area contributed by atoms with Crippen molar-refractivity contribution in [2.75, 3.05) is 13.1 Å². The zero-order chi connectivity index (χ0) is 18.9. The highest BCUT2D eigenvalue weighted by Gasteiger charge is 2.09. The Morgan fingerprint density at radius 3 is 2.81 bits per heavy atom. The van der Waals surface area contributed by atoms with Crippen molar-refractivity contribution in [1.82, 2.24) is 15.6 Å². The zero-order valence-corrected chi connectivity index (χ0v) is 17.6. The van der Waals surface area contributed by atoms with Gasteiger partial charge in [0.05, 0.1) is 17.8 Å². The Hall–Kier alpha value is -2.12. The van der Waals surface area contributed by atoms with Gasteiger partial charge >= 0.3 is 0 Å². The Morgan fingerprint density at radius 2 is 2.11 bits per heavy atom. The first-order valence-corrected chi connectivity index (χ1v) is 10.6. The summed E-state index contributed by atoms with van der Waals surface area (Å²) in [6, 6.07) is 12.1. The topological polar surface area (TPSA) is 62.5 Å². The first-order chi connectivity index (χ1) is 13.2. The lowest BCUT2D eigenvalue weighted by molar-refractivity contribution is 0.506. The van der Waals surface area contributed by atoms with Crippen molar-refractivity contribution >= 4 is 33.2 Å². The number of thiazole rings is 1. The van der Waals surface area contributed by atoms with Gasteiger partial charge in [0.1, 0.15) is 5.76 Å². The summed E-state index contributed by atoms with van der Waals surface area (Å²) >= 11 is 5.15. The van der Waals surface area contributed by atoms with Gasteiger partial charge in [-0.25, -0.2) is 9.98 Å². The molecule has 0 amide bonds. The van der Waals surface area contributed by atoms with Crippen LogP contribution in [0.4, 0.5) is 0 Å². The molecule has 2 heterocycles. The van der Waals surface area contributed by atoms with E-state index >= 15 is 0 Å². The fourth-order valence-electron chi connectivity index (χ4n) is 2.51. The summed E-state index contributed by atoms with van der Waals surface area (Å²) in [4.78, 5) is 9.12. The summed E-state index contributed by atoms with van der Waals surface area (Å²) in [7, 11) is 0. The molecule has 1 aromatic carbocycles. The molecular weight excluding hydrogens is 424 g/mol. The summed E-state index contributed by atoms with van der Waals surface area (Å²) in [5.74, 6) is 2.09. The second kappa shape index (κ2) is 10.3. The van der Waals surface area contributed by atoms with Crippen molar-refractivity contribution in [2.24, 2.45) is 4.99 Å². The molecular formula is C20H23BrN4OS. The minimum atomic E-state index is 0.328. The quantitative estimate of drug-likeness (QED) is 0.392. The number of benzene rings is 1. The lowest BCUT2D eigenvalue weighted by Gasteiger charge is -2.15. The van der Waals surface area contributed by atoms with E-state index in [0.717, 1.165) is 40.7 Å². The molecule has 0 aliphatic carbocycles. The van der Waals surface area contributed by atoms with Gasteiger partial charge in [0, 0.05) is 41.5 Å². The molecule has 0 aliphatic heterocycles. The van der Waals surface area contributed by atoms with Gasteiger partial charge in [0.15, 0.2) is 5.96 Å². The summed E-state index contributed by atoms with van der Waals surface area (Å²) in [5, 5.41) is 9.97. The van der Waals surface area contributed by atoms with Gasteiger partial charge in [-0.05, 0) is 29.8 Å². The molecule has 0 bridgehead atoms. The van der Waals surface area contributed by atoms with Crippen molar-refractivity contribution in [3.05, 3.63) is 75.0 Å². The van der Waals surface area contributed by atoms with Gasteiger partial charge < -0.3 is 15.1 Å². The van der Waals surface area contributed by atoms with Gasteiger partial charge in [0.25, 0.3) is 0 Å². The third-order valence-electron chi connectivity index (χ3n) is 4.03. The molecule has 0 saturated carbocycles. The number of nitrogens with one attached hydrogen (secondary N) is 2. The molecule has 2 N–H and O–H groups in total. The van der Waals surface area contributed by atoms with Crippen LogP contribution in [0.1, 0.15) is 29.2 Å². The standard InChI is InChI=1S/C20H23BrN4OS/c1-15(19-22-10-12-27-19)13-24-20(23-9-8-18-3-2-11-26-18)25-14-16-4-6-17(21)7-5-16/h2-7,10-12,15H,8-9,13-14H2,1H3,(H2,23,24,25). The third-order valence-corrected chi connectivity index (χ3v) is 5.56. The molecule has 0 aliphatic rings. The van der Waals surface area contributed by atoms with E-state index in [1.165, 1.54) is 5.56 Å². The van der Waals surface area contributed by atoms with Crippen LogP contribution < -0.4 is 10.6 Å². The molecule has 0 saturated heterocycles. The second-order valence-electron chi connectivity index (χ2n) is 6.20. The molecule has 27 heavy (non-hydrogen) atoms. The molecule has 3 rings (SSSR count). The molecule has 142 valence electrons. The first-order valence-electron chi connectivity index (χ1n) is 8.89. The predicted molar refractivity (Wildman–Crippen MR) is 114 cm³/mol. The summed E-state index contributed by atoms with van der Waals surface area (Å²) in [6.07, 6.45) is 4.36. The summed E-state index contributed by atoms with van der Waals surface area (Å²) in [5.41, 5.74) is 1.17. The number of aromatic nitrogens is 1. The molecule has 0 radical (unpaired) electrons. The molecule has 5 nitrogen and oxygen atoms in total. The minimum absolute atomic E-state index is 0.328. The number of hydrogen-bond donors (Lipinski definition) is 2. The highest BCUT2D eigenvalue weighted by molar-refractivity contribution is 9.10. The maximum absolute atomic E-state index is 5.39. The van der Waals surface area contributed by atoms with Crippen LogP contribution in [0.3, 0.4) is 0 Å². The van der Waals surface area contributed by atoms with Crippen molar-refractivity contribution in [2.45, 2.75) is 25.8 Å². The number of hydrogen-bond acceptors (Lipinski definition) is 4. The highest BCUT2D eigenvalue weighted by Crippen LogP contribution is 2.16. The number of furan rings is 1. The lowest BCUT2D eigenvalue weighted by atomic mass is 10.2. The van der Waals surface area contributed by atoms with Crippen LogP contribution in [-0.2, 0) is 13.0 Å². The Kier molecular flexibility index (Phi) is 7.47. The van der Waals surface area contributed by atoms with Crippen LogP contribution >= 0.6 is 27.3 Å². The Morgan fingerprint density at radius 1 is 1.26 bits per heavy atom. The molecule has 0 spiro atoms. The third kappa shape index (κ3) is 6.52. The first kappa shape index (κ1) is 19.6. The van der Waals surface area contributed by atoms with Crippen LogP contribution in [0.5, 0.6) is 0 Å². The van der Waals surface area contributed by atoms with Gasteiger partial charge in [-0.2, -0.15) is 0 Å². The molecule has 1 atom stereocenters. The summed E-state index contributed by atoms with van der Waals surface area (Å²) in [6.45, 7) is 4.32. The van der Waals surface area contributed by atoms with Crippen LogP contribution in [0.25, 0.3) is 0 Å². The van der Waals surface area contributed by atoms with Crippen molar-refractivity contribution < 1.29 is 4.42 Å². The van der Waals surface area contributed by atoms with E-state index in [1.54, 1.807) is 17.6 Å². The van der Waals surface area contributed by atoms with Gasteiger partial charge in [-0.1, -0.05) is 35.0 Å². The smallest absolute Gasteiger partial charge is 0.191 e. The van der Waals surface area contributed by atoms with Crippen molar-refractivity contribution in [1.29, 1.82) is 0 Å². The van der Waals surface area contributed by atoms with E-state index < -0.39 is 0 Å². The van der Waals surface area contributed by atoms with E-state index in [2.05, 4.69) is 50.6 Å². The van der Waals surface area contributed by atoms with Crippen LogP contribution in [-0.4, -0.2) is 24.0 Å². The highest BCUT2D eigenvalue weighted by atomic mass is 79.9. The monoisotopic (exact) mass is 446 g/mol. The number of halogens is 1. The molecule has 1 unspecified atom stereocenters. The predicted octanol–water partition coefficient (Wildman–Crippen LogP) is 4.58. The fourth-order valence-corrected chi connectivity index (χ4v) is 3.47. The average molecular weight is 447 g/mol. The summed E-state index contributed by atoms with van der Waals surface area (Å²) < 4.78 is 6.46. The lowest BCUT2D eigenvalue weighted by Crippen LogP contribution is -2.40. The van der Waals surface area contributed by atoms with Crippen molar-refractivity contribution in [3.8, 4) is 0 Å². The molecule has 2 aromatic heterocycles. The number of rotatable bonds is 8. The van der Waals surface area contributed by atoms with E-state index in [9.17, 15) is 0 Å².